The highest BCUT2D eigenvalue weighted by Crippen LogP contribution is 2.32. The van der Waals surface area contributed by atoms with E-state index >= 15 is 0 Å². The van der Waals surface area contributed by atoms with Crippen molar-refractivity contribution in [3.8, 4) is 11.5 Å². The largest absolute Gasteiger partial charge is 0.497 e. The smallest absolute Gasteiger partial charge is 0.338 e. The molecule has 8 heteroatoms. The number of hydrogen-bond acceptors (Lipinski definition) is 7. The number of carbonyl (C=O) groups is 1. The molecular weight excluding hydrogens is 452 g/mol. The Hall–Kier alpha value is -3.65. The van der Waals surface area contributed by atoms with Crippen LogP contribution in [-0.4, -0.2) is 30.9 Å². The summed E-state index contributed by atoms with van der Waals surface area (Å²) in [5.41, 5.74) is 2.23. The van der Waals surface area contributed by atoms with Gasteiger partial charge < -0.3 is 14.2 Å². The van der Waals surface area contributed by atoms with Crippen LogP contribution in [0.2, 0.25) is 0 Å². The van der Waals surface area contributed by atoms with Crippen LogP contribution < -0.4 is 24.4 Å². The van der Waals surface area contributed by atoms with Crippen molar-refractivity contribution >= 4 is 23.4 Å². The van der Waals surface area contributed by atoms with Crippen molar-refractivity contribution in [3.63, 3.8) is 0 Å². The molecule has 3 aromatic rings. The monoisotopic (exact) mass is 478 g/mol. The van der Waals surface area contributed by atoms with Gasteiger partial charge in [-0.25, -0.2) is 9.79 Å². The van der Waals surface area contributed by atoms with Gasteiger partial charge in [-0.2, -0.15) is 0 Å². The Morgan fingerprint density at radius 1 is 1.09 bits per heavy atom. The highest BCUT2D eigenvalue weighted by atomic mass is 32.1. The van der Waals surface area contributed by atoms with E-state index in [0.717, 1.165) is 16.9 Å². The maximum atomic E-state index is 13.6. The summed E-state index contributed by atoms with van der Waals surface area (Å²) in [6.45, 7) is 5.35. The van der Waals surface area contributed by atoms with Gasteiger partial charge in [-0.15, -0.1) is 0 Å². The zero-order chi connectivity index (χ0) is 24.4. The molecule has 7 nitrogen and oxygen atoms in total. The van der Waals surface area contributed by atoms with Crippen molar-refractivity contribution in [1.29, 1.82) is 0 Å². The molecule has 1 atom stereocenters. The molecule has 1 aliphatic rings. The van der Waals surface area contributed by atoms with Crippen LogP contribution in [0, 0.1) is 0 Å². The van der Waals surface area contributed by atoms with Crippen LogP contribution in [0.4, 0.5) is 0 Å². The summed E-state index contributed by atoms with van der Waals surface area (Å²) in [5.74, 6) is 0.873. The minimum atomic E-state index is -0.685. The number of rotatable bonds is 6. The van der Waals surface area contributed by atoms with Crippen molar-refractivity contribution in [3.05, 3.63) is 90.6 Å². The average Bonchev–Trinajstić information content (AvgIpc) is 3.12. The van der Waals surface area contributed by atoms with Gasteiger partial charge in [0.1, 0.15) is 11.5 Å². The van der Waals surface area contributed by atoms with Crippen LogP contribution in [0.1, 0.15) is 37.9 Å². The fourth-order valence-corrected chi connectivity index (χ4v) is 4.89. The molecule has 0 N–H and O–H groups in total. The van der Waals surface area contributed by atoms with E-state index in [-0.39, 0.29) is 11.7 Å². The van der Waals surface area contributed by atoms with Gasteiger partial charge in [-0.3, -0.25) is 9.36 Å². The Morgan fingerprint density at radius 3 is 2.44 bits per heavy atom. The van der Waals surface area contributed by atoms with E-state index in [1.807, 2.05) is 54.6 Å². The van der Waals surface area contributed by atoms with E-state index in [1.54, 1.807) is 39.6 Å². The van der Waals surface area contributed by atoms with E-state index in [1.165, 1.54) is 11.3 Å². The molecule has 34 heavy (non-hydrogen) atoms. The summed E-state index contributed by atoms with van der Waals surface area (Å²) in [4.78, 5) is 31.9. The second-order valence-electron chi connectivity index (χ2n) is 8.09. The van der Waals surface area contributed by atoms with Crippen LogP contribution in [-0.2, 0) is 9.53 Å². The van der Waals surface area contributed by atoms with Gasteiger partial charge >= 0.3 is 5.97 Å². The Kier molecular flexibility index (Phi) is 6.70. The van der Waals surface area contributed by atoms with Gasteiger partial charge in [0, 0.05) is 0 Å². The molecule has 0 unspecified atom stereocenters. The number of ether oxygens (including phenoxy) is 3. The Labute approximate surface area is 201 Å². The summed E-state index contributed by atoms with van der Waals surface area (Å²) in [6, 6.07) is 14.1. The Balaban J connectivity index is 1.92. The zero-order valence-electron chi connectivity index (χ0n) is 19.7. The number of fused-ring (bicyclic) bond motifs is 1. The number of allylic oxidation sites excluding steroid dienone is 1. The molecule has 4 rings (SSSR count). The predicted octanol–water partition coefficient (Wildman–Crippen LogP) is 3.20. The van der Waals surface area contributed by atoms with Gasteiger partial charge in [-0.1, -0.05) is 35.6 Å². The van der Waals surface area contributed by atoms with Crippen LogP contribution in [0.15, 0.2) is 69.6 Å². The summed E-state index contributed by atoms with van der Waals surface area (Å²) in [5, 5.41) is 0. The van der Waals surface area contributed by atoms with Crippen molar-refractivity contribution in [2.24, 2.45) is 4.99 Å². The topological polar surface area (TPSA) is 79.1 Å². The second-order valence-corrected chi connectivity index (χ2v) is 9.09. The molecular formula is C26H26N2O5S. The van der Waals surface area contributed by atoms with E-state index in [4.69, 9.17) is 14.2 Å². The van der Waals surface area contributed by atoms with Gasteiger partial charge in [-0.05, 0) is 62.2 Å². The van der Waals surface area contributed by atoms with Crippen molar-refractivity contribution < 1.29 is 19.0 Å². The molecule has 2 heterocycles. The Morgan fingerprint density at radius 2 is 1.79 bits per heavy atom. The highest BCUT2D eigenvalue weighted by molar-refractivity contribution is 7.07. The maximum absolute atomic E-state index is 13.6. The molecule has 0 saturated heterocycles. The lowest BCUT2D eigenvalue weighted by atomic mass is 9.95. The number of thiazole rings is 1. The second kappa shape index (κ2) is 9.69. The quantitative estimate of drug-likeness (QED) is 0.509. The van der Waals surface area contributed by atoms with Crippen LogP contribution in [0.25, 0.3) is 6.08 Å². The van der Waals surface area contributed by atoms with Gasteiger partial charge in [0.25, 0.3) is 5.56 Å². The standard InChI is InChI=1S/C26H26N2O5S/c1-15(2)33-25(30)22-16(3)27-26-28(23(22)18-7-6-8-20(14-18)32-5)24(29)21(34-26)13-17-9-11-19(31-4)12-10-17/h6-15,23H,1-5H3/t23-/m0/s1. The normalized spacial score (nSPS) is 15.7. The number of methoxy groups -OCH3 is 2. The summed E-state index contributed by atoms with van der Waals surface area (Å²) in [6.07, 6.45) is 1.51. The molecule has 0 saturated carbocycles. The van der Waals surface area contributed by atoms with E-state index in [0.29, 0.717) is 26.4 Å². The van der Waals surface area contributed by atoms with Crippen molar-refractivity contribution in [2.75, 3.05) is 14.2 Å². The summed E-state index contributed by atoms with van der Waals surface area (Å²) in [7, 11) is 3.18. The number of esters is 1. The molecule has 1 aromatic heterocycles. The number of aromatic nitrogens is 1. The van der Waals surface area contributed by atoms with Crippen molar-refractivity contribution in [2.45, 2.75) is 32.9 Å². The average molecular weight is 479 g/mol. The first kappa shape index (κ1) is 23.5. The molecule has 176 valence electrons. The molecule has 0 fully saturated rings. The Bertz CT molecular complexity index is 1430. The first-order valence-electron chi connectivity index (χ1n) is 10.8. The van der Waals surface area contributed by atoms with Gasteiger partial charge in [0.05, 0.1) is 42.2 Å². The third-order valence-electron chi connectivity index (χ3n) is 5.41. The number of carbonyl (C=O) groups excluding carboxylic acids is 1. The predicted molar refractivity (Wildman–Crippen MR) is 131 cm³/mol. The molecule has 0 radical (unpaired) electrons. The third kappa shape index (κ3) is 4.54. The first-order valence-corrected chi connectivity index (χ1v) is 11.7. The molecule has 2 aromatic carbocycles. The molecule has 1 aliphatic heterocycles. The number of benzene rings is 2. The fraction of sp³-hybridized carbons (Fsp3) is 0.269. The van der Waals surface area contributed by atoms with E-state index in [2.05, 4.69) is 4.99 Å². The van der Waals surface area contributed by atoms with Crippen LogP contribution >= 0.6 is 11.3 Å². The number of hydrogen-bond donors (Lipinski definition) is 0. The van der Waals surface area contributed by atoms with Crippen LogP contribution in [0.3, 0.4) is 0 Å². The molecule has 0 amide bonds. The van der Waals surface area contributed by atoms with E-state index < -0.39 is 12.0 Å². The highest BCUT2D eigenvalue weighted by Gasteiger charge is 2.34. The van der Waals surface area contributed by atoms with Crippen molar-refractivity contribution in [1.82, 2.24) is 4.57 Å². The SMILES string of the molecule is COc1ccc(C=c2sc3n(c2=O)[C@@H](c2cccc(OC)c2)C(C(=O)OC(C)C)=C(C)N=3)cc1. The lowest BCUT2D eigenvalue weighted by molar-refractivity contribution is -0.143. The van der Waals surface area contributed by atoms with E-state index in [9.17, 15) is 9.59 Å². The lowest BCUT2D eigenvalue weighted by Crippen LogP contribution is -2.40. The molecule has 0 bridgehead atoms. The zero-order valence-corrected chi connectivity index (χ0v) is 20.5. The van der Waals surface area contributed by atoms with Gasteiger partial charge in [0.2, 0.25) is 0 Å². The lowest BCUT2D eigenvalue weighted by Gasteiger charge is -2.25. The third-order valence-corrected chi connectivity index (χ3v) is 6.39. The molecule has 0 aliphatic carbocycles. The number of nitrogens with zero attached hydrogens (tertiary/aromatic N) is 2. The summed E-state index contributed by atoms with van der Waals surface area (Å²) >= 11 is 1.29. The first-order chi connectivity index (χ1) is 16.3. The maximum Gasteiger partial charge on any atom is 0.338 e. The van der Waals surface area contributed by atoms with Crippen LogP contribution in [0.5, 0.6) is 11.5 Å². The summed E-state index contributed by atoms with van der Waals surface area (Å²) < 4.78 is 18.2. The minimum Gasteiger partial charge on any atom is -0.497 e. The fourth-order valence-electron chi connectivity index (χ4n) is 3.84. The van der Waals surface area contributed by atoms with Gasteiger partial charge in [0.15, 0.2) is 4.80 Å². The molecule has 0 spiro atoms. The minimum absolute atomic E-state index is 0.227.